The van der Waals surface area contributed by atoms with Crippen molar-refractivity contribution in [3.63, 3.8) is 0 Å². The topological polar surface area (TPSA) is 41.9 Å². The van der Waals surface area contributed by atoms with Crippen molar-refractivity contribution in [1.82, 2.24) is 0 Å². The van der Waals surface area contributed by atoms with E-state index in [1.54, 1.807) is 54.6 Å². The van der Waals surface area contributed by atoms with E-state index in [1.165, 1.54) is 18.2 Å². The minimum atomic E-state index is -4.79. The summed E-state index contributed by atoms with van der Waals surface area (Å²) in [5.74, 6) is -0.430. The second-order valence-corrected chi connectivity index (χ2v) is 7.32. The van der Waals surface area contributed by atoms with E-state index in [-0.39, 0.29) is 12.3 Å². The van der Waals surface area contributed by atoms with Crippen LogP contribution in [0, 0.1) is 0 Å². The first kappa shape index (κ1) is 21.6. The number of hydrogen-bond acceptors (Lipinski definition) is 3. The predicted octanol–water partition coefficient (Wildman–Crippen LogP) is 6.27. The quantitative estimate of drug-likeness (QED) is 0.425. The Morgan fingerprint density at radius 3 is 2.41 bits per heavy atom. The lowest BCUT2D eigenvalue weighted by Crippen LogP contribution is -2.25. The zero-order valence-corrected chi connectivity index (χ0v) is 17.3. The molecule has 0 saturated heterocycles. The number of carbonyl (C=O) groups excluding carboxylic acids is 1. The number of rotatable bonds is 5. The summed E-state index contributed by atoms with van der Waals surface area (Å²) in [4.78, 5) is 12.8. The number of para-hydroxylation sites is 1. The summed E-state index contributed by atoms with van der Waals surface area (Å²) in [5, 5.41) is 4.86. The van der Waals surface area contributed by atoms with E-state index in [1.807, 2.05) is 12.1 Å². The number of hydrogen-bond donors (Lipinski definition) is 0. The van der Waals surface area contributed by atoms with Crippen molar-refractivity contribution < 1.29 is 22.7 Å². The molecule has 3 aromatic rings. The van der Waals surface area contributed by atoms with Gasteiger partial charge in [-0.2, -0.15) is 23.3 Å². The highest BCUT2D eigenvalue weighted by molar-refractivity contribution is 6.34. The van der Waals surface area contributed by atoms with Crippen molar-refractivity contribution >= 4 is 35.0 Å². The number of ether oxygens (including phenoxy) is 1. The fourth-order valence-corrected chi connectivity index (χ4v) is 3.33. The van der Waals surface area contributed by atoms with Gasteiger partial charge in [0.2, 0.25) is 0 Å². The van der Waals surface area contributed by atoms with Crippen LogP contribution in [0.1, 0.15) is 11.1 Å². The SMILES string of the molecule is O=C1/C(=C\c2cccc(OCc3ccccc3Cl)c2)C(C(F)(F)F)=NN1c1ccccc1. The highest BCUT2D eigenvalue weighted by Gasteiger charge is 2.46. The third-order valence-corrected chi connectivity index (χ3v) is 5.04. The lowest BCUT2D eigenvalue weighted by Gasteiger charge is -2.11. The molecule has 1 heterocycles. The molecule has 0 spiro atoms. The Labute approximate surface area is 187 Å². The van der Waals surface area contributed by atoms with Crippen LogP contribution in [0.4, 0.5) is 18.9 Å². The molecule has 0 saturated carbocycles. The normalized spacial score (nSPS) is 15.2. The van der Waals surface area contributed by atoms with Gasteiger partial charge < -0.3 is 4.74 Å². The van der Waals surface area contributed by atoms with Gasteiger partial charge in [0.25, 0.3) is 5.91 Å². The van der Waals surface area contributed by atoms with Gasteiger partial charge in [-0.05, 0) is 42.0 Å². The van der Waals surface area contributed by atoms with Crippen LogP contribution in [0.15, 0.2) is 89.5 Å². The fourth-order valence-electron chi connectivity index (χ4n) is 3.14. The standard InChI is InChI=1S/C24H16ClF3N2O2/c25-21-12-5-4-8-17(21)15-32-19-11-6-7-16(13-19)14-20-22(24(26,27)28)29-30(23(20)31)18-9-2-1-3-10-18/h1-14H,15H2/b20-14-. The second-order valence-electron chi connectivity index (χ2n) is 6.91. The molecule has 4 rings (SSSR count). The molecule has 1 aliphatic rings. The number of hydrazone groups is 1. The van der Waals surface area contributed by atoms with Crippen LogP contribution in [0.2, 0.25) is 5.02 Å². The van der Waals surface area contributed by atoms with E-state index in [4.69, 9.17) is 16.3 Å². The van der Waals surface area contributed by atoms with Gasteiger partial charge in [-0.3, -0.25) is 4.79 Å². The van der Waals surface area contributed by atoms with Gasteiger partial charge in [0.15, 0.2) is 5.71 Å². The minimum absolute atomic E-state index is 0.190. The van der Waals surface area contributed by atoms with Crippen molar-refractivity contribution in [1.29, 1.82) is 0 Å². The van der Waals surface area contributed by atoms with Crippen molar-refractivity contribution in [2.45, 2.75) is 12.8 Å². The highest BCUT2D eigenvalue weighted by atomic mass is 35.5. The molecule has 0 fully saturated rings. The van der Waals surface area contributed by atoms with E-state index >= 15 is 0 Å². The molecule has 0 radical (unpaired) electrons. The van der Waals surface area contributed by atoms with Gasteiger partial charge in [-0.25, -0.2) is 0 Å². The van der Waals surface area contributed by atoms with Crippen molar-refractivity contribution in [2.75, 3.05) is 5.01 Å². The first-order valence-corrected chi connectivity index (χ1v) is 9.94. The maximum Gasteiger partial charge on any atom is 0.435 e. The van der Waals surface area contributed by atoms with E-state index in [0.29, 0.717) is 16.3 Å². The Bertz CT molecular complexity index is 1210. The van der Waals surface area contributed by atoms with Crippen LogP contribution in [0.5, 0.6) is 5.75 Å². The molecular formula is C24H16ClF3N2O2. The van der Waals surface area contributed by atoms with Gasteiger partial charge >= 0.3 is 6.18 Å². The third kappa shape index (κ3) is 4.68. The van der Waals surface area contributed by atoms with E-state index in [9.17, 15) is 18.0 Å². The lowest BCUT2D eigenvalue weighted by molar-refractivity contribution is -0.114. The van der Waals surface area contributed by atoms with E-state index < -0.39 is 23.4 Å². The van der Waals surface area contributed by atoms with Crippen molar-refractivity contribution in [3.8, 4) is 5.75 Å². The zero-order chi connectivity index (χ0) is 22.7. The number of carbonyl (C=O) groups is 1. The van der Waals surface area contributed by atoms with Gasteiger partial charge in [0.1, 0.15) is 12.4 Å². The van der Waals surface area contributed by atoms with E-state index in [2.05, 4.69) is 5.10 Å². The molecule has 0 aromatic heterocycles. The molecule has 8 heteroatoms. The largest absolute Gasteiger partial charge is 0.489 e. The molecule has 1 aliphatic heterocycles. The number of benzene rings is 3. The molecule has 0 N–H and O–H groups in total. The van der Waals surface area contributed by atoms with Gasteiger partial charge in [0.05, 0.1) is 11.3 Å². The molecular weight excluding hydrogens is 441 g/mol. The average molecular weight is 457 g/mol. The Kier molecular flexibility index (Phi) is 6.01. The van der Waals surface area contributed by atoms with Crippen LogP contribution in [-0.2, 0) is 11.4 Å². The number of anilines is 1. The Balaban J connectivity index is 1.62. The first-order valence-electron chi connectivity index (χ1n) is 9.56. The monoisotopic (exact) mass is 456 g/mol. The van der Waals surface area contributed by atoms with Gasteiger partial charge in [-0.1, -0.05) is 60.1 Å². The predicted molar refractivity (Wildman–Crippen MR) is 118 cm³/mol. The maximum absolute atomic E-state index is 13.6. The Morgan fingerprint density at radius 1 is 0.969 bits per heavy atom. The van der Waals surface area contributed by atoms with Crippen LogP contribution in [-0.4, -0.2) is 17.8 Å². The summed E-state index contributed by atoms with van der Waals surface area (Å²) >= 11 is 6.12. The summed E-state index contributed by atoms with van der Waals surface area (Å²) in [7, 11) is 0. The number of halogens is 4. The van der Waals surface area contributed by atoms with Gasteiger partial charge in [-0.15, -0.1) is 0 Å². The smallest absolute Gasteiger partial charge is 0.435 e. The summed E-state index contributed by atoms with van der Waals surface area (Å²) in [5.41, 5.74) is -0.386. The third-order valence-electron chi connectivity index (χ3n) is 4.67. The van der Waals surface area contributed by atoms with Crippen LogP contribution >= 0.6 is 11.6 Å². The second kappa shape index (κ2) is 8.88. The molecule has 162 valence electrons. The summed E-state index contributed by atoms with van der Waals surface area (Å²) < 4.78 is 46.6. The number of amides is 1. The molecule has 0 aliphatic carbocycles. The van der Waals surface area contributed by atoms with Crippen LogP contribution < -0.4 is 9.75 Å². The number of nitrogens with zero attached hydrogens (tertiary/aromatic N) is 2. The van der Waals surface area contributed by atoms with Gasteiger partial charge in [0, 0.05) is 10.6 Å². The summed E-state index contributed by atoms with van der Waals surface area (Å²) in [6.07, 6.45) is -3.62. The molecule has 1 amide bonds. The first-order chi connectivity index (χ1) is 15.3. The Morgan fingerprint density at radius 2 is 1.69 bits per heavy atom. The molecule has 4 nitrogen and oxygen atoms in total. The van der Waals surface area contributed by atoms with Crippen molar-refractivity contribution in [2.24, 2.45) is 5.10 Å². The van der Waals surface area contributed by atoms with Crippen LogP contribution in [0.25, 0.3) is 6.08 Å². The fraction of sp³-hybridized carbons (Fsp3) is 0.0833. The molecule has 32 heavy (non-hydrogen) atoms. The van der Waals surface area contributed by atoms with Crippen LogP contribution in [0.3, 0.4) is 0 Å². The molecule has 0 atom stereocenters. The highest BCUT2D eigenvalue weighted by Crippen LogP contribution is 2.33. The minimum Gasteiger partial charge on any atom is -0.489 e. The van der Waals surface area contributed by atoms with E-state index in [0.717, 1.165) is 10.6 Å². The number of alkyl halides is 3. The summed E-state index contributed by atoms with van der Waals surface area (Å²) in [6, 6.07) is 21.6. The molecule has 0 bridgehead atoms. The van der Waals surface area contributed by atoms with Crippen molar-refractivity contribution in [3.05, 3.63) is 101 Å². The zero-order valence-electron chi connectivity index (χ0n) is 16.5. The maximum atomic E-state index is 13.6. The average Bonchev–Trinajstić information content (AvgIpc) is 3.11. The lowest BCUT2D eigenvalue weighted by atomic mass is 10.1. The molecule has 3 aromatic carbocycles. The summed E-state index contributed by atoms with van der Waals surface area (Å²) in [6.45, 7) is 0.190. The Hall–Kier alpha value is -3.58. The molecule has 0 unspecified atom stereocenters.